The average molecular weight is 334 g/mol. The molecule has 0 aliphatic heterocycles. The molecule has 0 heterocycles. The lowest BCUT2D eigenvalue weighted by molar-refractivity contribution is -0.494. The molecule has 0 saturated heterocycles. The number of halogens is 1. The molecular formula is C19H40ClNO. The van der Waals surface area contributed by atoms with Gasteiger partial charge in [-0.15, -0.1) is 0 Å². The molecule has 22 heavy (non-hydrogen) atoms. The van der Waals surface area contributed by atoms with Crippen LogP contribution in [0.25, 0.3) is 0 Å². The van der Waals surface area contributed by atoms with Crippen LogP contribution in [0.5, 0.6) is 0 Å². The number of nitrogens with zero attached hydrogens (tertiary/aromatic N) is 1. The quantitative estimate of drug-likeness (QED) is 0.261. The minimum absolute atomic E-state index is 0. The van der Waals surface area contributed by atoms with Crippen LogP contribution in [-0.4, -0.2) is 36.1 Å². The van der Waals surface area contributed by atoms with Crippen LogP contribution in [0, 0.1) is 0 Å². The Morgan fingerprint density at radius 1 is 0.682 bits per heavy atom. The first kappa shape index (κ1) is 24.2. The molecule has 0 spiro atoms. The molecule has 0 saturated carbocycles. The highest BCUT2D eigenvalue weighted by atomic mass is 35.5. The zero-order valence-electron chi connectivity index (χ0n) is 15.2. The third-order valence-corrected chi connectivity index (χ3v) is 4.26. The highest BCUT2D eigenvalue weighted by Crippen LogP contribution is 2.12. The van der Waals surface area contributed by atoms with Crippen LogP contribution < -0.4 is 12.4 Å². The van der Waals surface area contributed by atoms with Gasteiger partial charge in [0.15, 0.2) is 6.21 Å². The van der Waals surface area contributed by atoms with Crippen LogP contribution in [0.2, 0.25) is 0 Å². The summed E-state index contributed by atoms with van der Waals surface area (Å²) in [7, 11) is 2.04. The molecule has 2 nitrogen and oxygen atoms in total. The first-order valence-corrected chi connectivity index (χ1v) is 9.45. The van der Waals surface area contributed by atoms with Gasteiger partial charge in [-0.1, -0.05) is 84.0 Å². The highest BCUT2D eigenvalue weighted by molar-refractivity contribution is 5.51. The summed E-state index contributed by atoms with van der Waals surface area (Å²) in [6, 6.07) is 0. The van der Waals surface area contributed by atoms with Crippen molar-refractivity contribution in [1.82, 2.24) is 0 Å². The molecule has 0 aliphatic rings. The Labute approximate surface area is 145 Å². The van der Waals surface area contributed by atoms with Crippen LogP contribution in [0.4, 0.5) is 0 Å². The predicted octanol–water partition coefficient (Wildman–Crippen LogP) is 2.18. The van der Waals surface area contributed by atoms with Crippen molar-refractivity contribution < 1.29 is 22.1 Å². The SMILES string of the molecule is CCCCCCCCCCCCCCCC[N+](C)=CCO.[Cl-]. The minimum atomic E-state index is 0. The van der Waals surface area contributed by atoms with Gasteiger partial charge in [-0.2, -0.15) is 0 Å². The third-order valence-electron chi connectivity index (χ3n) is 4.26. The van der Waals surface area contributed by atoms with Gasteiger partial charge in [0.25, 0.3) is 0 Å². The first-order valence-electron chi connectivity index (χ1n) is 9.45. The Hall–Kier alpha value is -0.0800. The van der Waals surface area contributed by atoms with E-state index in [1.54, 1.807) is 0 Å². The molecule has 0 atom stereocenters. The molecule has 0 aromatic rings. The van der Waals surface area contributed by atoms with E-state index >= 15 is 0 Å². The van der Waals surface area contributed by atoms with Gasteiger partial charge < -0.3 is 17.5 Å². The summed E-state index contributed by atoms with van der Waals surface area (Å²) >= 11 is 0. The van der Waals surface area contributed by atoms with Crippen molar-refractivity contribution in [2.75, 3.05) is 20.2 Å². The van der Waals surface area contributed by atoms with Gasteiger partial charge in [-0.05, 0) is 6.42 Å². The highest BCUT2D eigenvalue weighted by Gasteiger charge is 1.97. The second-order valence-electron chi connectivity index (χ2n) is 6.44. The smallest absolute Gasteiger partial charge is 0.165 e. The van der Waals surface area contributed by atoms with E-state index in [-0.39, 0.29) is 19.0 Å². The van der Waals surface area contributed by atoms with Crippen LogP contribution in [0.3, 0.4) is 0 Å². The number of hydrogen-bond donors (Lipinski definition) is 1. The minimum Gasteiger partial charge on any atom is -1.00 e. The van der Waals surface area contributed by atoms with Gasteiger partial charge in [0, 0.05) is 6.42 Å². The molecule has 0 unspecified atom stereocenters. The summed E-state index contributed by atoms with van der Waals surface area (Å²) in [6.07, 6.45) is 21.6. The van der Waals surface area contributed by atoms with Crippen LogP contribution in [0.15, 0.2) is 0 Å². The van der Waals surface area contributed by atoms with E-state index in [2.05, 4.69) is 11.5 Å². The summed E-state index contributed by atoms with van der Waals surface area (Å²) in [4.78, 5) is 0. The molecule has 3 heteroatoms. The Morgan fingerprint density at radius 2 is 1.05 bits per heavy atom. The molecular weight excluding hydrogens is 294 g/mol. The van der Waals surface area contributed by atoms with Crippen LogP contribution in [-0.2, 0) is 0 Å². The fraction of sp³-hybridized carbons (Fsp3) is 0.947. The van der Waals surface area contributed by atoms with Gasteiger partial charge in [0.05, 0.1) is 0 Å². The van der Waals surface area contributed by atoms with Gasteiger partial charge in [0.2, 0.25) is 0 Å². The standard InChI is InChI=1S/C19H40NO.ClH/c1-3-4-5-6-7-8-9-10-11-12-13-14-15-16-17-20(2)18-19-21;/h18,21H,3-17,19H2,1-2H3;1H/q+1;/p-1. The molecule has 0 rings (SSSR count). The Morgan fingerprint density at radius 3 is 1.41 bits per heavy atom. The first-order chi connectivity index (χ1) is 10.3. The molecule has 0 aromatic heterocycles. The topological polar surface area (TPSA) is 23.2 Å². The van der Waals surface area contributed by atoms with Crippen molar-refractivity contribution in [3.63, 3.8) is 0 Å². The van der Waals surface area contributed by atoms with Crippen LogP contribution >= 0.6 is 0 Å². The molecule has 0 radical (unpaired) electrons. The van der Waals surface area contributed by atoms with Crippen molar-refractivity contribution >= 4 is 6.21 Å². The van der Waals surface area contributed by atoms with Gasteiger partial charge >= 0.3 is 0 Å². The monoisotopic (exact) mass is 333 g/mol. The largest absolute Gasteiger partial charge is 1.00 e. The number of aliphatic hydroxyl groups excluding tert-OH is 1. The lowest BCUT2D eigenvalue weighted by Crippen LogP contribution is -3.00. The van der Waals surface area contributed by atoms with E-state index in [0.717, 1.165) is 6.54 Å². The van der Waals surface area contributed by atoms with E-state index in [0.29, 0.717) is 0 Å². The van der Waals surface area contributed by atoms with Crippen molar-refractivity contribution in [3.05, 3.63) is 0 Å². The lowest BCUT2D eigenvalue weighted by Gasteiger charge is -2.03. The second kappa shape index (κ2) is 20.9. The average Bonchev–Trinajstić information content (AvgIpc) is 2.48. The number of hydrogen-bond acceptors (Lipinski definition) is 1. The maximum Gasteiger partial charge on any atom is 0.165 e. The summed E-state index contributed by atoms with van der Waals surface area (Å²) in [5.41, 5.74) is 0. The van der Waals surface area contributed by atoms with E-state index in [1.165, 1.54) is 89.9 Å². The Kier molecular flexibility index (Phi) is 23.0. The maximum absolute atomic E-state index is 8.75. The number of aliphatic hydroxyl groups is 1. The van der Waals surface area contributed by atoms with Gasteiger partial charge in [-0.3, -0.25) is 0 Å². The fourth-order valence-electron chi connectivity index (χ4n) is 2.79. The summed E-state index contributed by atoms with van der Waals surface area (Å²) < 4.78 is 2.10. The molecule has 1 N–H and O–H groups in total. The van der Waals surface area contributed by atoms with E-state index in [4.69, 9.17) is 5.11 Å². The molecule has 0 bridgehead atoms. The van der Waals surface area contributed by atoms with Gasteiger partial charge in [0.1, 0.15) is 20.2 Å². The zero-order valence-corrected chi connectivity index (χ0v) is 15.9. The predicted molar refractivity (Wildman–Crippen MR) is 94.5 cm³/mol. The summed E-state index contributed by atoms with van der Waals surface area (Å²) in [5, 5.41) is 8.75. The van der Waals surface area contributed by atoms with Gasteiger partial charge in [-0.25, -0.2) is 4.58 Å². The third kappa shape index (κ3) is 19.9. The van der Waals surface area contributed by atoms with Crippen LogP contribution in [0.1, 0.15) is 96.8 Å². The van der Waals surface area contributed by atoms with Crippen molar-refractivity contribution in [3.8, 4) is 0 Å². The normalized spacial score (nSPS) is 11.5. The van der Waals surface area contributed by atoms with Crippen molar-refractivity contribution in [2.24, 2.45) is 0 Å². The zero-order chi connectivity index (χ0) is 15.6. The lowest BCUT2D eigenvalue weighted by atomic mass is 10.0. The molecule has 134 valence electrons. The number of rotatable bonds is 16. The molecule has 0 amide bonds. The molecule has 0 aliphatic carbocycles. The molecule has 0 aromatic carbocycles. The second-order valence-corrected chi connectivity index (χ2v) is 6.44. The Bertz CT molecular complexity index is 231. The van der Waals surface area contributed by atoms with Crippen molar-refractivity contribution in [1.29, 1.82) is 0 Å². The number of unbranched alkanes of at least 4 members (excludes halogenated alkanes) is 13. The summed E-state index contributed by atoms with van der Waals surface area (Å²) in [6.45, 7) is 3.53. The fourth-order valence-corrected chi connectivity index (χ4v) is 2.79. The Balaban J connectivity index is 0. The summed E-state index contributed by atoms with van der Waals surface area (Å²) in [5.74, 6) is 0. The van der Waals surface area contributed by atoms with Crippen molar-refractivity contribution in [2.45, 2.75) is 96.8 Å². The molecule has 0 fully saturated rings. The van der Waals surface area contributed by atoms with E-state index < -0.39 is 0 Å². The van der Waals surface area contributed by atoms with E-state index in [1.807, 2.05) is 13.3 Å². The maximum atomic E-state index is 8.75. The van der Waals surface area contributed by atoms with E-state index in [9.17, 15) is 0 Å².